The standard InChI is InChI=1S/C23H18BrN/c24-22-18-11-5-4-8-16(18)14-15-20-19-12-6-7-13-21(19)25(23(20)22)17-9-2-1-3-10-17/h1-13,20H,14-15H2. The van der Waals surface area contributed by atoms with E-state index in [9.17, 15) is 0 Å². The SMILES string of the molecule is BrC1=C2C(CCc3ccccc31)c1ccccc1N2c1ccccc1. The molecule has 0 fully saturated rings. The van der Waals surface area contributed by atoms with Crippen LogP contribution in [0.15, 0.2) is 84.6 Å². The minimum atomic E-state index is 0.429. The van der Waals surface area contributed by atoms with Crippen LogP contribution in [0.1, 0.15) is 29.0 Å². The molecule has 0 spiro atoms. The van der Waals surface area contributed by atoms with Crippen LogP contribution >= 0.6 is 15.9 Å². The first-order chi connectivity index (χ1) is 12.3. The van der Waals surface area contributed by atoms with Gasteiger partial charge in [0.2, 0.25) is 0 Å². The summed E-state index contributed by atoms with van der Waals surface area (Å²) in [6, 6.07) is 28.3. The molecule has 1 heterocycles. The predicted octanol–water partition coefficient (Wildman–Crippen LogP) is 6.63. The molecule has 1 aliphatic heterocycles. The number of hydrogen-bond donors (Lipinski definition) is 0. The van der Waals surface area contributed by atoms with Crippen molar-refractivity contribution in [2.75, 3.05) is 4.90 Å². The number of halogens is 1. The second kappa shape index (κ2) is 5.89. The van der Waals surface area contributed by atoms with Crippen LogP contribution in [0.4, 0.5) is 11.4 Å². The Morgan fingerprint density at radius 3 is 2.40 bits per heavy atom. The third-order valence-corrected chi connectivity index (χ3v) is 6.15. The molecular weight excluding hydrogens is 370 g/mol. The Kier molecular flexibility index (Phi) is 3.53. The third-order valence-electron chi connectivity index (χ3n) is 5.32. The van der Waals surface area contributed by atoms with E-state index in [1.54, 1.807) is 0 Å². The fourth-order valence-electron chi connectivity index (χ4n) is 4.21. The number of para-hydroxylation sites is 2. The molecule has 122 valence electrons. The molecule has 1 unspecified atom stereocenters. The number of nitrogens with zero attached hydrogens (tertiary/aromatic N) is 1. The largest absolute Gasteiger partial charge is 0.312 e. The monoisotopic (exact) mass is 387 g/mol. The lowest BCUT2D eigenvalue weighted by molar-refractivity contribution is 0.727. The summed E-state index contributed by atoms with van der Waals surface area (Å²) >= 11 is 3.98. The van der Waals surface area contributed by atoms with Crippen molar-refractivity contribution in [2.24, 2.45) is 0 Å². The third kappa shape index (κ3) is 2.28. The number of anilines is 2. The van der Waals surface area contributed by atoms with E-state index in [1.165, 1.54) is 38.2 Å². The van der Waals surface area contributed by atoms with Crippen molar-refractivity contribution in [1.29, 1.82) is 0 Å². The number of rotatable bonds is 1. The Hall–Kier alpha value is -2.32. The van der Waals surface area contributed by atoms with E-state index in [4.69, 9.17) is 0 Å². The highest BCUT2D eigenvalue weighted by molar-refractivity contribution is 9.15. The molecule has 1 nitrogen and oxygen atoms in total. The van der Waals surface area contributed by atoms with Gasteiger partial charge >= 0.3 is 0 Å². The normalized spacial score (nSPS) is 18.4. The van der Waals surface area contributed by atoms with Gasteiger partial charge in [0.1, 0.15) is 0 Å². The lowest BCUT2D eigenvalue weighted by Crippen LogP contribution is -2.14. The van der Waals surface area contributed by atoms with E-state index in [0.29, 0.717) is 5.92 Å². The van der Waals surface area contributed by atoms with Gasteiger partial charge in [-0.2, -0.15) is 0 Å². The second-order valence-corrected chi connectivity index (χ2v) is 7.47. The van der Waals surface area contributed by atoms with E-state index in [-0.39, 0.29) is 0 Å². The molecule has 25 heavy (non-hydrogen) atoms. The predicted molar refractivity (Wildman–Crippen MR) is 108 cm³/mol. The average molecular weight is 388 g/mol. The topological polar surface area (TPSA) is 3.24 Å². The highest BCUT2D eigenvalue weighted by Gasteiger charge is 2.37. The summed E-state index contributed by atoms with van der Waals surface area (Å²) in [6.45, 7) is 0. The van der Waals surface area contributed by atoms with Gasteiger partial charge in [0.05, 0.1) is 0 Å². The molecule has 1 aliphatic carbocycles. The molecule has 3 aromatic carbocycles. The van der Waals surface area contributed by atoms with Crippen LogP contribution < -0.4 is 4.90 Å². The first-order valence-corrected chi connectivity index (χ1v) is 9.56. The van der Waals surface area contributed by atoms with Crippen LogP contribution in [0.3, 0.4) is 0 Å². The fraction of sp³-hybridized carbons (Fsp3) is 0.130. The van der Waals surface area contributed by atoms with Crippen LogP contribution in [0.5, 0.6) is 0 Å². The van der Waals surface area contributed by atoms with Crippen molar-refractivity contribution in [1.82, 2.24) is 0 Å². The second-order valence-electron chi connectivity index (χ2n) is 6.68. The summed E-state index contributed by atoms with van der Waals surface area (Å²) in [6.07, 6.45) is 2.25. The summed E-state index contributed by atoms with van der Waals surface area (Å²) < 4.78 is 1.23. The number of hydrogen-bond acceptors (Lipinski definition) is 1. The van der Waals surface area contributed by atoms with E-state index in [2.05, 4.69) is 99.7 Å². The van der Waals surface area contributed by atoms with E-state index in [0.717, 1.165) is 12.8 Å². The van der Waals surface area contributed by atoms with Gasteiger partial charge in [0.15, 0.2) is 0 Å². The van der Waals surface area contributed by atoms with Crippen molar-refractivity contribution < 1.29 is 0 Å². The molecular formula is C23H18BrN. The zero-order valence-corrected chi connectivity index (χ0v) is 15.4. The Morgan fingerprint density at radius 1 is 0.800 bits per heavy atom. The van der Waals surface area contributed by atoms with Crippen LogP contribution in [0.2, 0.25) is 0 Å². The minimum Gasteiger partial charge on any atom is -0.312 e. The molecule has 2 heteroatoms. The molecule has 0 saturated carbocycles. The summed E-state index contributed by atoms with van der Waals surface area (Å²) in [5, 5.41) is 0. The van der Waals surface area contributed by atoms with Crippen LogP contribution in [0.25, 0.3) is 4.48 Å². The molecule has 0 bridgehead atoms. The Bertz CT molecular complexity index is 974. The number of allylic oxidation sites excluding steroid dienone is 1. The molecule has 3 aromatic rings. The van der Waals surface area contributed by atoms with E-state index >= 15 is 0 Å². The summed E-state index contributed by atoms with van der Waals surface area (Å²) in [5.74, 6) is 0.429. The summed E-state index contributed by atoms with van der Waals surface area (Å²) in [4.78, 5) is 2.44. The van der Waals surface area contributed by atoms with Gasteiger partial charge < -0.3 is 4.90 Å². The molecule has 0 radical (unpaired) electrons. The average Bonchev–Trinajstić information content (AvgIpc) is 2.93. The molecule has 2 aliphatic rings. The highest BCUT2D eigenvalue weighted by Crippen LogP contribution is 2.54. The fourth-order valence-corrected chi connectivity index (χ4v) is 5.05. The number of aryl methyl sites for hydroxylation is 1. The van der Waals surface area contributed by atoms with Gasteiger partial charge in [-0.1, -0.05) is 60.7 Å². The Balaban J connectivity index is 1.80. The zero-order chi connectivity index (χ0) is 16.8. The lowest BCUT2D eigenvalue weighted by Gasteiger charge is -2.24. The van der Waals surface area contributed by atoms with Crippen molar-refractivity contribution in [2.45, 2.75) is 18.8 Å². The van der Waals surface area contributed by atoms with Gasteiger partial charge in [-0.25, -0.2) is 0 Å². The van der Waals surface area contributed by atoms with E-state index in [1.807, 2.05) is 0 Å². The maximum Gasteiger partial charge on any atom is 0.0497 e. The molecule has 5 rings (SSSR count). The Labute approximate surface area is 156 Å². The summed E-state index contributed by atoms with van der Waals surface area (Å²) in [5.41, 5.74) is 8.10. The van der Waals surface area contributed by atoms with Crippen LogP contribution in [-0.4, -0.2) is 0 Å². The quantitative estimate of drug-likeness (QED) is 0.452. The van der Waals surface area contributed by atoms with Gasteiger partial charge in [0.25, 0.3) is 0 Å². The van der Waals surface area contributed by atoms with Gasteiger partial charge in [0, 0.05) is 27.5 Å². The van der Waals surface area contributed by atoms with Gasteiger partial charge in [-0.15, -0.1) is 0 Å². The molecule has 0 saturated heterocycles. The maximum atomic E-state index is 3.98. The minimum absolute atomic E-state index is 0.429. The van der Waals surface area contributed by atoms with Crippen LogP contribution in [0, 0.1) is 0 Å². The molecule has 1 atom stereocenters. The van der Waals surface area contributed by atoms with Gasteiger partial charge in [-0.3, -0.25) is 0 Å². The van der Waals surface area contributed by atoms with Crippen molar-refractivity contribution in [3.8, 4) is 0 Å². The first kappa shape index (κ1) is 15.0. The summed E-state index contributed by atoms with van der Waals surface area (Å²) in [7, 11) is 0. The van der Waals surface area contributed by atoms with E-state index < -0.39 is 0 Å². The highest BCUT2D eigenvalue weighted by atomic mass is 79.9. The lowest BCUT2D eigenvalue weighted by atomic mass is 9.94. The molecule has 0 aromatic heterocycles. The first-order valence-electron chi connectivity index (χ1n) is 8.76. The molecule has 0 N–H and O–H groups in total. The molecule has 0 amide bonds. The van der Waals surface area contributed by atoms with Crippen molar-refractivity contribution in [3.63, 3.8) is 0 Å². The van der Waals surface area contributed by atoms with Crippen LogP contribution in [-0.2, 0) is 6.42 Å². The number of benzene rings is 3. The Morgan fingerprint density at radius 2 is 1.52 bits per heavy atom. The van der Waals surface area contributed by atoms with Gasteiger partial charge in [-0.05, 0) is 63.7 Å². The van der Waals surface area contributed by atoms with Crippen molar-refractivity contribution in [3.05, 3.63) is 101 Å². The smallest absolute Gasteiger partial charge is 0.0497 e. The maximum absolute atomic E-state index is 3.98. The zero-order valence-electron chi connectivity index (χ0n) is 13.8. The van der Waals surface area contributed by atoms with Crippen molar-refractivity contribution >= 4 is 31.8 Å². The number of fused-ring (bicyclic) bond motifs is 4.